The smallest absolute Gasteiger partial charge is 0.362 e. The van der Waals surface area contributed by atoms with Crippen molar-refractivity contribution in [2.75, 3.05) is 33.8 Å². The summed E-state index contributed by atoms with van der Waals surface area (Å²) in [6.45, 7) is 7.66. The number of carbonyl (C=O) groups is 2. The molecule has 0 radical (unpaired) electrons. The maximum atomic E-state index is 12.6. The number of hydrogen-bond acceptors (Lipinski definition) is 4. The van der Waals surface area contributed by atoms with E-state index < -0.39 is 0 Å². The number of hydrogen-bond donors (Lipinski definition) is 0. The lowest BCUT2D eigenvalue weighted by Crippen LogP contribution is -2.48. The van der Waals surface area contributed by atoms with Gasteiger partial charge in [-0.2, -0.15) is 0 Å². The van der Waals surface area contributed by atoms with Gasteiger partial charge in [0.2, 0.25) is 0 Å². The maximum Gasteiger partial charge on any atom is 0.362 e. The maximum absolute atomic E-state index is 12.6. The average Bonchev–Trinajstić information content (AvgIpc) is 2.61. The van der Waals surface area contributed by atoms with Crippen molar-refractivity contribution >= 4 is 23.5 Å². The lowest BCUT2D eigenvalue weighted by molar-refractivity contribution is -0.883. The van der Waals surface area contributed by atoms with Crippen LogP contribution in [0.2, 0.25) is 5.02 Å². The average molecular weight is 425 g/mol. The van der Waals surface area contributed by atoms with Gasteiger partial charge in [0, 0.05) is 5.02 Å². The minimum absolute atomic E-state index is 0.00832. The van der Waals surface area contributed by atoms with Crippen LogP contribution in [0, 0.1) is 17.8 Å². The molecular weight excluding hydrogens is 390 g/mol. The van der Waals surface area contributed by atoms with Crippen LogP contribution in [0.1, 0.15) is 50.4 Å². The van der Waals surface area contributed by atoms with Gasteiger partial charge in [0.05, 0.1) is 19.7 Å². The van der Waals surface area contributed by atoms with Gasteiger partial charge in [-0.05, 0) is 54.9 Å². The van der Waals surface area contributed by atoms with Crippen LogP contribution >= 0.6 is 11.6 Å². The molecule has 1 aliphatic rings. The fourth-order valence-electron chi connectivity index (χ4n) is 3.94. The lowest BCUT2D eigenvalue weighted by Gasteiger charge is -2.37. The second-order valence-corrected chi connectivity index (χ2v) is 9.75. The number of quaternary nitrogens is 1. The second kappa shape index (κ2) is 10.4. The summed E-state index contributed by atoms with van der Waals surface area (Å²) in [5, 5.41) is 0.574. The zero-order chi connectivity index (χ0) is 21.6. The molecule has 6 heteroatoms. The van der Waals surface area contributed by atoms with Crippen molar-refractivity contribution in [3.8, 4) is 0 Å². The van der Waals surface area contributed by atoms with Gasteiger partial charge < -0.3 is 14.0 Å². The van der Waals surface area contributed by atoms with Crippen molar-refractivity contribution in [2.24, 2.45) is 17.8 Å². The summed E-state index contributed by atoms with van der Waals surface area (Å²) < 4.78 is 11.7. The SMILES string of the molecule is CC1CCC(C(C)C)C(OC(=O)C[N+](C)(C)CCOC(=O)c2ccc(Cl)cc2)C1. The van der Waals surface area contributed by atoms with E-state index in [4.69, 9.17) is 21.1 Å². The zero-order valence-corrected chi connectivity index (χ0v) is 19.1. The van der Waals surface area contributed by atoms with Crippen LogP contribution in [0.5, 0.6) is 0 Å². The summed E-state index contributed by atoms with van der Waals surface area (Å²) in [7, 11) is 3.89. The van der Waals surface area contributed by atoms with Crippen molar-refractivity contribution in [3.63, 3.8) is 0 Å². The summed E-state index contributed by atoms with van der Waals surface area (Å²) >= 11 is 5.83. The van der Waals surface area contributed by atoms with Gasteiger partial charge in [-0.3, -0.25) is 0 Å². The van der Waals surface area contributed by atoms with Crippen molar-refractivity contribution < 1.29 is 23.5 Å². The molecule has 29 heavy (non-hydrogen) atoms. The van der Waals surface area contributed by atoms with Crippen LogP contribution in [0.4, 0.5) is 0 Å². The van der Waals surface area contributed by atoms with Gasteiger partial charge in [0.1, 0.15) is 19.3 Å². The Morgan fingerprint density at radius 3 is 2.45 bits per heavy atom. The monoisotopic (exact) mass is 424 g/mol. The zero-order valence-electron chi connectivity index (χ0n) is 18.3. The van der Waals surface area contributed by atoms with Crippen molar-refractivity contribution in [1.82, 2.24) is 0 Å². The van der Waals surface area contributed by atoms with Gasteiger partial charge in [0.25, 0.3) is 0 Å². The molecule has 1 saturated carbocycles. The Labute approximate surface area is 179 Å². The van der Waals surface area contributed by atoms with Crippen LogP contribution in [-0.2, 0) is 14.3 Å². The summed E-state index contributed by atoms with van der Waals surface area (Å²) in [6.07, 6.45) is 3.28. The predicted octanol–water partition coefficient (Wildman–Crippen LogP) is 4.58. The first-order chi connectivity index (χ1) is 13.6. The Balaban J connectivity index is 1.80. The number of nitrogens with zero attached hydrogens (tertiary/aromatic N) is 1. The molecule has 1 aromatic carbocycles. The molecule has 0 spiro atoms. The summed E-state index contributed by atoms with van der Waals surface area (Å²) in [5.41, 5.74) is 0.463. The molecule has 0 N–H and O–H groups in total. The molecule has 5 nitrogen and oxygen atoms in total. The number of likely N-dealkylation sites (N-methyl/N-ethyl adjacent to an activating group) is 1. The number of esters is 2. The van der Waals surface area contributed by atoms with E-state index in [1.54, 1.807) is 24.3 Å². The molecule has 1 fully saturated rings. The van der Waals surface area contributed by atoms with Crippen LogP contribution in [0.3, 0.4) is 0 Å². The van der Waals surface area contributed by atoms with E-state index >= 15 is 0 Å². The van der Waals surface area contributed by atoms with Crippen LogP contribution < -0.4 is 0 Å². The molecule has 3 atom stereocenters. The first-order valence-electron chi connectivity index (χ1n) is 10.5. The first kappa shape index (κ1) is 23.7. The van der Waals surface area contributed by atoms with E-state index in [2.05, 4.69) is 20.8 Å². The van der Waals surface area contributed by atoms with E-state index in [1.807, 2.05) is 14.1 Å². The van der Waals surface area contributed by atoms with E-state index in [0.717, 1.165) is 12.8 Å². The highest BCUT2D eigenvalue weighted by Gasteiger charge is 2.34. The molecule has 0 bridgehead atoms. The Morgan fingerprint density at radius 1 is 1.17 bits per heavy atom. The highest BCUT2D eigenvalue weighted by Crippen LogP contribution is 2.35. The van der Waals surface area contributed by atoms with E-state index in [-0.39, 0.29) is 31.2 Å². The third kappa shape index (κ3) is 7.63. The standard InChI is InChI=1S/C23H35ClNO4/c1-16(2)20-11-6-17(3)14-21(20)29-22(26)15-25(4,5)12-13-28-23(27)18-7-9-19(24)10-8-18/h7-10,16-17,20-21H,6,11-15H2,1-5H3/q+1. The number of benzene rings is 1. The third-order valence-corrected chi connectivity index (χ3v) is 6.06. The minimum atomic E-state index is -0.389. The minimum Gasteiger partial charge on any atom is -0.458 e. The van der Waals surface area contributed by atoms with Crippen LogP contribution in [-0.4, -0.2) is 56.3 Å². The fraction of sp³-hybridized carbons (Fsp3) is 0.652. The highest BCUT2D eigenvalue weighted by atomic mass is 35.5. The Bertz CT molecular complexity index is 687. The van der Waals surface area contributed by atoms with Crippen LogP contribution in [0.15, 0.2) is 24.3 Å². The first-order valence-corrected chi connectivity index (χ1v) is 10.9. The molecular formula is C23H35ClNO4+. The van der Waals surface area contributed by atoms with Crippen molar-refractivity contribution in [3.05, 3.63) is 34.9 Å². The molecule has 0 aliphatic heterocycles. The highest BCUT2D eigenvalue weighted by molar-refractivity contribution is 6.30. The van der Waals surface area contributed by atoms with E-state index in [9.17, 15) is 9.59 Å². The number of carbonyl (C=O) groups excluding carboxylic acids is 2. The van der Waals surface area contributed by atoms with Gasteiger partial charge in [0.15, 0.2) is 6.54 Å². The Hall–Kier alpha value is -1.59. The molecule has 2 rings (SSSR count). The molecule has 0 amide bonds. The summed E-state index contributed by atoms with van der Waals surface area (Å²) in [4.78, 5) is 24.7. The summed E-state index contributed by atoms with van der Waals surface area (Å²) in [5.74, 6) is 0.975. The van der Waals surface area contributed by atoms with Crippen molar-refractivity contribution in [2.45, 2.75) is 46.1 Å². The quantitative estimate of drug-likeness (QED) is 0.452. The van der Waals surface area contributed by atoms with Gasteiger partial charge >= 0.3 is 11.9 Å². The topological polar surface area (TPSA) is 52.6 Å². The Kier molecular flexibility index (Phi) is 8.53. The van der Waals surface area contributed by atoms with Gasteiger partial charge in [-0.15, -0.1) is 0 Å². The Morgan fingerprint density at radius 2 is 1.83 bits per heavy atom. The molecule has 0 aromatic heterocycles. The number of halogens is 1. The second-order valence-electron chi connectivity index (χ2n) is 9.31. The number of rotatable bonds is 8. The van der Waals surface area contributed by atoms with Crippen LogP contribution in [0.25, 0.3) is 0 Å². The molecule has 0 saturated heterocycles. The summed E-state index contributed by atoms with van der Waals surface area (Å²) in [6, 6.07) is 6.59. The molecule has 3 unspecified atom stereocenters. The molecule has 0 heterocycles. The molecule has 1 aliphatic carbocycles. The third-order valence-electron chi connectivity index (χ3n) is 5.81. The normalized spacial score (nSPS) is 22.4. The fourth-order valence-corrected chi connectivity index (χ4v) is 4.07. The predicted molar refractivity (Wildman–Crippen MR) is 115 cm³/mol. The van der Waals surface area contributed by atoms with Gasteiger partial charge in [-0.1, -0.05) is 38.8 Å². The van der Waals surface area contributed by atoms with E-state index in [1.165, 1.54) is 6.42 Å². The largest absolute Gasteiger partial charge is 0.458 e. The molecule has 162 valence electrons. The van der Waals surface area contributed by atoms with Crippen molar-refractivity contribution in [1.29, 1.82) is 0 Å². The number of ether oxygens (including phenoxy) is 2. The van der Waals surface area contributed by atoms with Gasteiger partial charge in [-0.25, -0.2) is 9.59 Å². The van der Waals surface area contributed by atoms with E-state index in [0.29, 0.717) is 39.4 Å². The lowest BCUT2D eigenvalue weighted by atomic mass is 9.75. The molecule has 1 aromatic rings.